The van der Waals surface area contributed by atoms with E-state index in [4.69, 9.17) is 4.42 Å². The van der Waals surface area contributed by atoms with Gasteiger partial charge < -0.3 is 9.73 Å². The highest BCUT2D eigenvalue weighted by Crippen LogP contribution is 2.13. The zero-order valence-corrected chi connectivity index (χ0v) is 9.90. The number of hydrogen-bond donors (Lipinski definition) is 1. The van der Waals surface area contributed by atoms with Gasteiger partial charge in [0.2, 0.25) is 5.89 Å². The maximum absolute atomic E-state index is 13.0. The molecule has 1 atom stereocenters. The summed E-state index contributed by atoms with van der Waals surface area (Å²) < 4.78 is 18.4. The number of rotatable bonds is 4. The molecule has 1 heterocycles. The normalized spacial score (nSPS) is 12.6. The molecule has 1 N–H and O–H groups in total. The Bertz CT molecular complexity index is 496. The van der Waals surface area contributed by atoms with Crippen LogP contribution >= 0.6 is 0 Å². The van der Waals surface area contributed by atoms with Crippen molar-refractivity contribution in [2.45, 2.75) is 26.4 Å². The maximum atomic E-state index is 13.0. The third kappa shape index (κ3) is 3.14. The number of benzene rings is 1. The lowest BCUT2D eigenvalue weighted by atomic mass is 10.2. The van der Waals surface area contributed by atoms with Crippen molar-refractivity contribution in [3.63, 3.8) is 0 Å². The second-order valence-electron chi connectivity index (χ2n) is 4.04. The SMILES string of the molecule is Cc1cnc(C(C)NCc2cccc(F)c2)o1. The van der Waals surface area contributed by atoms with Crippen LogP contribution in [0.2, 0.25) is 0 Å². The molecule has 2 aromatic rings. The summed E-state index contributed by atoms with van der Waals surface area (Å²) in [6.45, 7) is 4.40. The summed E-state index contributed by atoms with van der Waals surface area (Å²) in [6.07, 6.45) is 1.69. The minimum atomic E-state index is -0.219. The highest BCUT2D eigenvalue weighted by molar-refractivity contribution is 5.16. The van der Waals surface area contributed by atoms with Gasteiger partial charge in [-0.15, -0.1) is 0 Å². The van der Waals surface area contributed by atoms with Gasteiger partial charge in [-0.1, -0.05) is 12.1 Å². The van der Waals surface area contributed by atoms with Gasteiger partial charge in [0, 0.05) is 6.54 Å². The summed E-state index contributed by atoms with van der Waals surface area (Å²) in [6, 6.07) is 6.54. The quantitative estimate of drug-likeness (QED) is 0.883. The molecular formula is C13H15FN2O. The summed E-state index contributed by atoms with van der Waals surface area (Å²) in [5.74, 6) is 1.22. The molecule has 3 nitrogen and oxygen atoms in total. The van der Waals surface area contributed by atoms with E-state index in [0.717, 1.165) is 11.3 Å². The number of aromatic nitrogens is 1. The van der Waals surface area contributed by atoms with Crippen LogP contribution in [-0.2, 0) is 6.54 Å². The van der Waals surface area contributed by atoms with Crippen molar-refractivity contribution in [2.75, 3.05) is 0 Å². The number of nitrogens with zero attached hydrogens (tertiary/aromatic N) is 1. The molecule has 0 bridgehead atoms. The monoisotopic (exact) mass is 234 g/mol. The Morgan fingerprint density at radius 1 is 1.47 bits per heavy atom. The molecule has 1 unspecified atom stereocenters. The average Bonchev–Trinajstić information content (AvgIpc) is 2.73. The number of hydrogen-bond acceptors (Lipinski definition) is 3. The van der Waals surface area contributed by atoms with E-state index in [1.165, 1.54) is 12.1 Å². The van der Waals surface area contributed by atoms with Gasteiger partial charge in [-0.25, -0.2) is 9.37 Å². The standard InChI is InChI=1S/C13H15FN2O/c1-9-7-16-13(17-9)10(2)15-8-11-4-3-5-12(14)6-11/h3-7,10,15H,8H2,1-2H3. The van der Waals surface area contributed by atoms with E-state index >= 15 is 0 Å². The topological polar surface area (TPSA) is 38.1 Å². The smallest absolute Gasteiger partial charge is 0.211 e. The fraction of sp³-hybridized carbons (Fsp3) is 0.308. The average molecular weight is 234 g/mol. The van der Waals surface area contributed by atoms with Gasteiger partial charge >= 0.3 is 0 Å². The minimum Gasteiger partial charge on any atom is -0.444 e. The van der Waals surface area contributed by atoms with Crippen LogP contribution in [0.15, 0.2) is 34.9 Å². The first kappa shape index (κ1) is 11.8. The van der Waals surface area contributed by atoms with Crippen molar-refractivity contribution in [3.8, 4) is 0 Å². The molecule has 0 aliphatic heterocycles. The first-order valence-corrected chi connectivity index (χ1v) is 5.55. The van der Waals surface area contributed by atoms with Gasteiger partial charge in [-0.3, -0.25) is 0 Å². The Kier molecular flexibility index (Phi) is 3.54. The van der Waals surface area contributed by atoms with Crippen LogP contribution in [-0.4, -0.2) is 4.98 Å². The lowest BCUT2D eigenvalue weighted by Gasteiger charge is -2.10. The fourth-order valence-corrected chi connectivity index (χ4v) is 1.58. The van der Waals surface area contributed by atoms with Crippen LogP contribution in [0.3, 0.4) is 0 Å². The lowest BCUT2D eigenvalue weighted by molar-refractivity contribution is 0.402. The van der Waals surface area contributed by atoms with E-state index in [1.807, 2.05) is 19.9 Å². The van der Waals surface area contributed by atoms with Gasteiger partial charge in [0.15, 0.2) is 0 Å². The molecule has 4 heteroatoms. The second-order valence-corrected chi connectivity index (χ2v) is 4.04. The van der Waals surface area contributed by atoms with Crippen molar-refractivity contribution in [1.29, 1.82) is 0 Å². The predicted molar refractivity (Wildman–Crippen MR) is 62.9 cm³/mol. The Balaban J connectivity index is 1.94. The van der Waals surface area contributed by atoms with E-state index in [9.17, 15) is 4.39 Å². The van der Waals surface area contributed by atoms with Crippen LogP contribution in [0.4, 0.5) is 4.39 Å². The molecule has 1 aromatic carbocycles. The lowest BCUT2D eigenvalue weighted by Crippen LogP contribution is -2.18. The first-order valence-electron chi connectivity index (χ1n) is 5.55. The third-order valence-corrected chi connectivity index (χ3v) is 2.51. The molecule has 0 aliphatic carbocycles. The predicted octanol–water partition coefficient (Wildman–Crippen LogP) is 2.97. The zero-order valence-electron chi connectivity index (χ0n) is 9.90. The van der Waals surface area contributed by atoms with Crippen LogP contribution in [0.5, 0.6) is 0 Å². The van der Waals surface area contributed by atoms with E-state index < -0.39 is 0 Å². The summed E-state index contributed by atoms with van der Waals surface area (Å²) in [7, 11) is 0. The van der Waals surface area contributed by atoms with Crippen LogP contribution in [0, 0.1) is 12.7 Å². The Hall–Kier alpha value is -1.68. The van der Waals surface area contributed by atoms with E-state index in [0.29, 0.717) is 12.4 Å². The van der Waals surface area contributed by atoms with Crippen molar-refractivity contribution in [1.82, 2.24) is 10.3 Å². The third-order valence-electron chi connectivity index (χ3n) is 2.51. The molecule has 90 valence electrons. The Morgan fingerprint density at radius 2 is 2.29 bits per heavy atom. The molecule has 0 fully saturated rings. The molecule has 17 heavy (non-hydrogen) atoms. The molecule has 1 aromatic heterocycles. The molecular weight excluding hydrogens is 219 g/mol. The van der Waals surface area contributed by atoms with E-state index in [1.54, 1.807) is 12.3 Å². The number of oxazole rings is 1. The molecule has 0 aliphatic rings. The van der Waals surface area contributed by atoms with Gasteiger partial charge in [0.05, 0.1) is 12.2 Å². The minimum absolute atomic E-state index is 0.00645. The molecule has 0 spiro atoms. The fourth-order valence-electron chi connectivity index (χ4n) is 1.58. The highest BCUT2D eigenvalue weighted by Gasteiger charge is 2.10. The Labute approximate surface area is 99.7 Å². The molecule has 2 rings (SSSR count). The van der Waals surface area contributed by atoms with E-state index in [-0.39, 0.29) is 11.9 Å². The van der Waals surface area contributed by atoms with Crippen molar-refractivity contribution < 1.29 is 8.81 Å². The number of nitrogens with one attached hydrogen (secondary N) is 1. The largest absolute Gasteiger partial charge is 0.444 e. The first-order chi connectivity index (χ1) is 8.15. The zero-order chi connectivity index (χ0) is 12.3. The van der Waals surface area contributed by atoms with Crippen molar-refractivity contribution in [2.24, 2.45) is 0 Å². The van der Waals surface area contributed by atoms with Gasteiger partial charge in [0.25, 0.3) is 0 Å². The van der Waals surface area contributed by atoms with Crippen molar-refractivity contribution in [3.05, 3.63) is 53.5 Å². The molecule has 0 radical (unpaired) electrons. The summed E-state index contributed by atoms with van der Waals surface area (Å²) in [5.41, 5.74) is 0.903. The van der Waals surface area contributed by atoms with Crippen LogP contribution in [0.25, 0.3) is 0 Å². The molecule has 0 saturated carbocycles. The number of halogens is 1. The van der Waals surface area contributed by atoms with Gasteiger partial charge in [-0.05, 0) is 31.5 Å². The number of aryl methyl sites for hydroxylation is 1. The van der Waals surface area contributed by atoms with Crippen LogP contribution < -0.4 is 5.32 Å². The summed E-state index contributed by atoms with van der Waals surface area (Å²) in [5, 5.41) is 3.23. The second kappa shape index (κ2) is 5.10. The maximum Gasteiger partial charge on any atom is 0.211 e. The highest BCUT2D eigenvalue weighted by atomic mass is 19.1. The van der Waals surface area contributed by atoms with Gasteiger partial charge in [0.1, 0.15) is 11.6 Å². The molecule has 0 amide bonds. The Morgan fingerprint density at radius 3 is 2.94 bits per heavy atom. The summed E-state index contributed by atoms with van der Waals surface area (Å²) in [4.78, 5) is 4.14. The van der Waals surface area contributed by atoms with Crippen LogP contribution in [0.1, 0.15) is 30.2 Å². The summed E-state index contributed by atoms with van der Waals surface area (Å²) >= 11 is 0. The van der Waals surface area contributed by atoms with Gasteiger partial charge in [-0.2, -0.15) is 0 Å². The molecule has 0 saturated heterocycles. The van der Waals surface area contributed by atoms with E-state index in [2.05, 4.69) is 10.3 Å². The van der Waals surface area contributed by atoms with Crippen molar-refractivity contribution >= 4 is 0 Å².